The van der Waals surface area contributed by atoms with Crippen molar-refractivity contribution in [2.75, 3.05) is 33.2 Å². The van der Waals surface area contributed by atoms with Gasteiger partial charge in [-0.3, -0.25) is 0 Å². The molecule has 1 N–H and O–H groups in total. The molecule has 0 amide bonds. The van der Waals surface area contributed by atoms with Gasteiger partial charge in [-0.1, -0.05) is 6.07 Å². The molecule has 94 valence electrons. The SMILES string of the molecule is CN(CCc1ccc(F)c(F)c1)CC1CNC1. The van der Waals surface area contributed by atoms with Crippen molar-refractivity contribution in [1.82, 2.24) is 10.2 Å². The highest BCUT2D eigenvalue weighted by Gasteiger charge is 2.18. The summed E-state index contributed by atoms with van der Waals surface area (Å²) in [7, 11) is 2.07. The molecular weight excluding hydrogens is 222 g/mol. The zero-order valence-electron chi connectivity index (χ0n) is 10.0. The molecule has 1 fully saturated rings. The molecule has 0 atom stereocenters. The van der Waals surface area contributed by atoms with Gasteiger partial charge in [-0.05, 0) is 37.1 Å². The van der Waals surface area contributed by atoms with Gasteiger partial charge in [0.2, 0.25) is 0 Å². The maximum atomic E-state index is 13.0. The Labute approximate surface area is 101 Å². The Morgan fingerprint density at radius 3 is 2.65 bits per heavy atom. The maximum Gasteiger partial charge on any atom is 0.159 e. The first-order valence-electron chi connectivity index (χ1n) is 5.98. The monoisotopic (exact) mass is 240 g/mol. The second-order valence-electron chi connectivity index (χ2n) is 4.78. The Bertz CT molecular complexity index is 378. The average molecular weight is 240 g/mol. The van der Waals surface area contributed by atoms with E-state index in [1.54, 1.807) is 6.07 Å². The van der Waals surface area contributed by atoms with Crippen molar-refractivity contribution in [3.8, 4) is 0 Å². The maximum absolute atomic E-state index is 13.0. The van der Waals surface area contributed by atoms with E-state index in [2.05, 4.69) is 17.3 Å². The van der Waals surface area contributed by atoms with Crippen LogP contribution in [0.15, 0.2) is 18.2 Å². The van der Waals surface area contributed by atoms with Crippen molar-refractivity contribution in [3.63, 3.8) is 0 Å². The fraction of sp³-hybridized carbons (Fsp3) is 0.538. The minimum absolute atomic E-state index is 0.741. The molecule has 1 saturated heterocycles. The predicted molar refractivity (Wildman–Crippen MR) is 63.9 cm³/mol. The minimum Gasteiger partial charge on any atom is -0.316 e. The number of nitrogens with one attached hydrogen (secondary N) is 1. The summed E-state index contributed by atoms with van der Waals surface area (Å²) in [5, 5.41) is 3.24. The van der Waals surface area contributed by atoms with Crippen molar-refractivity contribution < 1.29 is 8.78 Å². The van der Waals surface area contributed by atoms with Gasteiger partial charge in [0.05, 0.1) is 0 Å². The van der Waals surface area contributed by atoms with Crippen LogP contribution in [0.4, 0.5) is 8.78 Å². The Morgan fingerprint density at radius 1 is 1.29 bits per heavy atom. The van der Waals surface area contributed by atoms with Gasteiger partial charge in [0, 0.05) is 26.2 Å². The van der Waals surface area contributed by atoms with Crippen LogP contribution in [0.2, 0.25) is 0 Å². The summed E-state index contributed by atoms with van der Waals surface area (Å²) in [6.45, 7) is 4.13. The Balaban J connectivity index is 1.78. The molecule has 0 aromatic heterocycles. The van der Waals surface area contributed by atoms with Crippen LogP contribution in [0.3, 0.4) is 0 Å². The highest BCUT2D eigenvalue weighted by atomic mass is 19.2. The summed E-state index contributed by atoms with van der Waals surface area (Å²) in [5.74, 6) is -0.791. The largest absolute Gasteiger partial charge is 0.316 e. The molecule has 0 saturated carbocycles. The molecule has 2 nitrogen and oxygen atoms in total. The second-order valence-corrected chi connectivity index (χ2v) is 4.78. The molecule has 0 radical (unpaired) electrons. The lowest BCUT2D eigenvalue weighted by Gasteiger charge is -2.31. The van der Waals surface area contributed by atoms with E-state index < -0.39 is 11.6 Å². The molecule has 1 aromatic carbocycles. The zero-order chi connectivity index (χ0) is 12.3. The fourth-order valence-electron chi connectivity index (χ4n) is 2.02. The summed E-state index contributed by atoms with van der Waals surface area (Å²) in [6, 6.07) is 4.13. The van der Waals surface area contributed by atoms with Gasteiger partial charge in [0.1, 0.15) is 0 Å². The summed E-state index contributed by atoms with van der Waals surface area (Å²) >= 11 is 0. The van der Waals surface area contributed by atoms with E-state index in [4.69, 9.17) is 0 Å². The van der Waals surface area contributed by atoms with Gasteiger partial charge >= 0.3 is 0 Å². The summed E-state index contributed by atoms with van der Waals surface area (Å²) in [5.41, 5.74) is 0.850. The smallest absolute Gasteiger partial charge is 0.159 e. The van der Waals surface area contributed by atoms with Gasteiger partial charge < -0.3 is 10.2 Å². The molecule has 0 aliphatic carbocycles. The number of benzene rings is 1. The number of halogens is 2. The van der Waals surface area contributed by atoms with Crippen LogP contribution in [0.5, 0.6) is 0 Å². The van der Waals surface area contributed by atoms with Gasteiger partial charge in [0.25, 0.3) is 0 Å². The van der Waals surface area contributed by atoms with E-state index >= 15 is 0 Å². The van der Waals surface area contributed by atoms with Crippen LogP contribution in [-0.2, 0) is 6.42 Å². The van der Waals surface area contributed by atoms with Crippen LogP contribution >= 0.6 is 0 Å². The van der Waals surface area contributed by atoms with Crippen LogP contribution in [0, 0.1) is 17.6 Å². The van der Waals surface area contributed by atoms with Gasteiger partial charge in [0.15, 0.2) is 11.6 Å². The summed E-state index contributed by atoms with van der Waals surface area (Å²) < 4.78 is 25.7. The first-order chi connectivity index (χ1) is 8.15. The lowest BCUT2D eigenvalue weighted by Crippen LogP contribution is -2.47. The first-order valence-corrected chi connectivity index (χ1v) is 5.98. The lowest BCUT2D eigenvalue weighted by atomic mass is 10.0. The molecule has 1 aromatic rings. The van der Waals surface area contributed by atoms with E-state index in [1.807, 2.05) is 0 Å². The van der Waals surface area contributed by atoms with E-state index in [-0.39, 0.29) is 0 Å². The number of hydrogen-bond acceptors (Lipinski definition) is 2. The molecule has 0 bridgehead atoms. The van der Waals surface area contributed by atoms with Crippen molar-refractivity contribution >= 4 is 0 Å². The van der Waals surface area contributed by atoms with E-state index in [0.29, 0.717) is 0 Å². The van der Waals surface area contributed by atoms with E-state index in [0.717, 1.165) is 44.1 Å². The molecule has 1 aliphatic heterocycles. The normalized spacial score (nSPS) is 16.2. The van der Waals surface area contributed by atoms with Gasteiger partial charge in [-0.25, -0.2) is 8.78 Å². The highest BCUT2D eigenvalue weighted by molar-refractivity contribution is 5.18. The molecule has 0 spiro atoms. The average Bonchev–Trinajstić information content (AvgIpc) is 2.25. The third kappa shape index (κ3) is 3.48. The number of likely N-dealkylation sites (N-methyl/N-ethyl adjacent to an activating group) is 1. The third-order valence-electron chi connectivity index (χ3n) is 3.20. The molecule has 17 heavy (non-hydrogen) atoms. The first kappa shape index (κ1) is 12.5. The van der Waals surface area contributed by atoms with Crippen LogP contribution in [-0.4, -0.2) is 38.1 Å². The van der Waals surface area contributed by atoms with Crippen molar-refractivity contribution in [1.29, 1.82) is 0 Å². The fourth-order valence-corrected chi connectivity index (χ4v) is 2.02. The number of nitrogens with zero attached hydrogens (tertiary/aromatic N) is 1. The number of rotatable bonds is 5. The lowest BCUT2D eigenvalue weighted by molar-refractivity contribution is 0.226. The quantitative estimate of drug-likeness (QED) is 0.842. The van der Waals surface area contributed by atoms with E-state index in [9.17, 15) is 8.78 Å². The molecule has 1 aliphatic rings. The topological polar surface area (TPSA) is 15.3 Å². The van der Waals surface area contributed by atoms with Gasteiger partial charge in [-0.15, -0.1) is 0 Å². The molecule has 2 rings (SSSR count). The van der Waals surface area contributed by atoms with Crippen molar-refractivity contribution in [2.45, 2.75) is 6.42 Å². The van der Waals surface area contributed by atoms with Crippen LogP contribution in [0.1, 0.15) is 5.56 Å². The zero-order valence-corrected chi connectivity index (χ0v) is 10.0. The minimum atomic E-state index is -0.775. The van der Waals surface area contributed by atoms with Crippen molar-refractivity contribution in [2.24, 2.45) is 5.92 Å². The van der Waals surface area contributed by atoms with Crippen LogP contribution < -0.4 is 5.32 Å². The summed E-state index contributed by atoms with van der Waals surface area (Å²) in [6.07, 6.45) is 0.758. The second kappa shape index (κ2) is 5.56. The predicted octanol–water partition coefficient (Wildman–Crippen LogP) is 1.66. The molecule has 1 heterocycles. The van der Waals surface area contributed by atoms with Gasteiger partial charge in [-0.2, -0.15) is 0 Å². The Morgan fingerprint density at radius 2 is 2.06 bits per heavy atom. The number of hydrogen-bond donors (Lipinski definition) is 1. The Kier molecular flexibility index (Phi) is 4.07. The molecule has 4 heteroatoms. The Hall–Kier alpha value is -1.00. The summed E-state index contributed by atoms with van der Waals surface area (Å²) in [4.78, 5) is 2.24. The standard InChI is InChI=1S/C13H18F2N2/c1-17(9-11-7-16-8-11)5-4-10-2-3-12(14)13(15)6-10/h2-3,6,11,16H,4-5,7-9H2,1H3. The van der Waals surface area contributed by atoms with Crippen molar-refractivity contribution in [3.05, 3.63) is 35.4 Å². The molecule has 0 unspecified atom stereocenters. The third-order valence-corrected chi connectivity index (χ3v) is 3.20. The van der Waals surface area contributed by atoms with Crippen LogP contribution in [0.25, 0.3) is 0 Å². The highest BCUT2D eigenvalue weighted by Crippen LogP contribution is 2.10. The van der Waals surface area contributed by atoms with E-state index in [1.165, 1.54) is 12.1 Å². The molecular formula is C13H18F2N2.